The molecule has 0 aliphatic heterocycles. The quantitative estimate of drug-likeness (QED) is 0.638. The largest absolute Gasteiger partial charge is 0.507 e. The zero-order chi connectivity index (χ0) is 17.6. The Morgan fingerprint density at radius 2 is 1.72 bits per heavy atom. The van der Waals surface area contributed by atoms with E-state index in [2.05, 4.69) is 11.1 Å². The lowest BCUT2D eigenvalue weighted by Gasteiger charge is -2.12. The predicted molar refractivity (Wildman–Crippen MR) is 101 cm³/mol. The molecule has 0 radical (unpaired) electrons. The Kier molecular flexibility index (Phi) is 5.13. The first-order valence-corrected chi connectivity index (χ1v) is 8.13. The van der Waals surface area contributed by atoms with E-state index in [1.165, 1.54) is 0 Å². The van der Waals surface area contributed by atoms with Crippen LogP contribution in [0, 0.1) is 11.3 Å². The van der Waals surface area contributed by atoms with E-state index in [0.29, 0.717) is 16.3 Å². The molecule has 1 atom stereocenters. The summed E-state index contributed by atoms with van der Waals surface area (Å²) in [4.78, 5) is 4.34. The van der Waals surface area contributed by atoms with Crippen LogP contribution in [0.5, 0.6) is 5.75 Å². The van der Waals surface area contributed by atoms with Gasteiger partial charge in [-0.1, -0.05) is 60.1 Å². The summed E-state index contributed by atoms with van der Waals surface area (Å²) >= 11 is 6.39. The van der Waals surface area contributed by atoms with Gasteiger partial charge in [0.25, 0.3) is 0 Å². The van der Waals surface area contributed by atoms with Crippen molar-refractivity contribution < 1.29 is 5.11 Å². The van der Waals surface area contributed by atoms with Crippen LogP contribution in [-0.2, 0) is 0 Å². The summed E-state index contributed by atoms with van der Waals surface area (Å²) in [6, 6.07) is 24.2. The van der Waals surface area contributed by atoms with E-state index in [1.807, 2.05) is 48.5 Å². The van der Waals surface area contributed by atoms with Crippen molar-refractivity contribution in [2.24, 2.45) is 4.99 Å². The molecule has 0 saturated carbocycles. The second-order valence-corrected chi connectivity index (χ2v) is 5.90. The molecule has 4 heteroatoms. The number of hydrogen-bond donors (Lipinski definition) is 1. The van der Waals surface area contributed by atoms with E-state index in [-0.39, 0.29) is 5.75 Å². The number of hydrogen-bond acceptors (Lipinski definition) is 3. The molecule has 1 N–H and O–H groups in total. The van der Waals surface area contributed by atoms with E-state index in [0.717, 1.165) is 11.1 Å². The Hall–Kier alpha value is -3.09. The summed E-state index contributed by atoms with van der Waals surface area (Å²) in [7, 11) is 0. The number of benzene rings is 3. The van der Waals surface area contributed by atoms with E-state index in [4.69, 9.17) is 11.6 Å². The molecule has 0 bridgehead atoms. The van der Waals surface area contributed by atoms with E-state index in [1.54, 1.807) is 30.5 Å². The highest BCUT2D eigenvalue weighted by Gasteiger charge is 2.16. The Morgan fingerprint density at radius 3 is 2.40 bits per heavy atom. The summed E-state index contributed by atoms with van der Waals surface area (Å²) in [5.41, 5.74) is 2.93. The van der Waals surface area contributed by atoms with Gasteiger partial charge in [0.1, 0.15) is 5.75 Å². The number of phenols is 1. The third-order valence-corrected chi connectivity index (χ3v) is 4.17. The van der Waals surface area contributed by atoms with Crippen LogP contribution >= 0.6 is 11.6 Å². The summed E-state index contributed by atoms with van der Waals surface area (Å²) in [5, 5.41) is 19.8. The molecular weight excluding hydrogens is 332 g/mol. The molecule has 0 aromatic heterocycles. The van der Waals surface area contributed by atoms with Crippen LogP contribution in [0.25, 0.3) is 0 Å². The molecule has 3 aromatic rings. The van der Waals surface area contributed by atoms with Gasteiger partial charge in [-0.2, -0.15) is 5.26 Å². The fourth-order valence-electron chi connectivity index (χ4n) is 2.54. The lowest BCUT2D eigenvalue weighted by molar-refractivity contribution is 0.474. The van der Waals surface area contributed by atoms with Crippen molar-refractivity contribution in [3.8, 4) is 11.8 Å². The average molecular weight is 347 g/mol. The Morgan fingerprint density at radius 1 is 1.00 bits per heavy atom. The standard InChI is InChI=1S/C21H15ClN2O/c22-20-12-17(24-14-16-8-4-5-9-21(16)25)10-11-18(20)19(13-23)15-6-2-1-3-7-15/h1-12,14,19,25H/t19-/m1/s1. The van der Waals surface area contributed by atoms with Gasteiger partial charge in [-0.05, 0) is 35.4 Å². The molecule has 0 spiro atoms. The van der Waals surface area contributed by atoms with Crippen LogP contribution in [0.15, 0.2) is 77.8 Å². The first-order valence-electron chi connectivity index (χ1n) is 7.75. The number of aromatic hydroxyl groups is 1. The summed E-state index contributed by atoms with van der Waals surface area (Å²) in [6.07, 6.45) is 1.58. The third kappa shape index (κ3) is 3.88. The number of aliphatic imine (C=N–C) groups is 1. The van der Waals surface area contributed by atoms with Crippen molar-refractivity contribution >= 4 is 23.5 Å². The summed E-state index contributed by atoms with van der Waals surface area (Å²) in [5.74, 6) is -0.257. The van der Waals surface area contributed by atoms with Crippen LogP contribution in [0.3, 0.4) is 0 Å². The minimum atomic E-state index is -0.426. The number of phenolic OH excluding ortho intramolecular Hbond substituents is 1. The number of para-hydroxylation sites is 1. The zero-order valence-corrected chi connectivity index (χ0v) is 14.1. The van der Waals surface area contributed by atoms with E-state index >= 15 is 0 Å². The molecule has 122 valence electrons. The van der Waals surface area contributed by atoms with Gasteiger partial charge < -0.3 is 5.11 Å². The van der Waals surface area contributed by atoms with Gasteiger partial charge in [-0.15, -0.1) is 0 Å². The zero-order valence-electron chi connectivity index (χ0n) is 13.3. The molecular formula is C21H15ClN2O. The SMILES string of the molecule is N#C[C@H](c1ccccc1)c1ccc(N=Cc2ccccc2O)cc1Cl. The molecule has 25 heavy (non-hydrogen) atoms. The van der Waals surface area contributed by atoms with Crippen LogP contribution in [0.2, 0.25) is 5.02 Å². The van der Waals surface area contributed by atoms with Crippen molar-refractivity contribution in [1.29, 1.82) is 5.26 Å². The Labute approximate surface area is 151 Å². The van der Waals surface area contributed by atoms with E-state index < -0.39 is 5.92 Å². The van der Waals surface area contributed by atoms with E-state index in [9.17, 15) is 10.4 Å². The Bertz CT molecular complexity index is 946. The van der Waals surface area contributed by atoms with Crippen LogP contribution in [-0.4, -0.2) is 11.3 Å². The maximum atomic E-state index is 9.76. The molecule has 0 aliphatic carbocycles. The van der Waals surface area contributed by atoms with Gasteiger partial charge in [-0.25, -0.2) is 0 Å². The first-order chi connectivity index (χ1) is 12.2. The lowest BCUT2D eigenvalue weighted by Crippen LogP contribution is -1.98. The van der Waals surface area contributed by atoms with Crippen molar-refractivity contribution in [3.05, 3.63) is 94.5 Å². The molecule has 3 aromatic carbocycles. The van der Waals surface area contributed by atoms with Gasteiger partial charge in [0, 0.05) is 16.8 Å². The number of nitrogens with zero attached hydrogens (tertiary/aromatic N) is 2. The molecule has 0 aliphatic rings. The highest BCUT2D eigenvalue weighted by molar-refractivity contribution is 6.31. The molecule has 3 nitrogen and oxygen atoms in total. The topological polar surface area (TPSA) is 56.4 Å². The van der Waals surface area contributed by atoms with Gasteiger partial charge in [0.05, 0.1) is 17.7 Å². The molecule has 0 amide bonds. The lowest BCUT2D eigenvalue weighted by atomic mass is 9.92. The fraction of sp³-hybridized carbons (Fsp3) is 0.0476. The van der Waals surface area contributed by atoms with Crippen LogP contribution in [0.4, 0.5) is 5.69 Å². The highest BCUT2D eigenvalue weighted by atomic mass is 35.5. The normalized spacial score (nSPS) is 12.0. The smallest absolute Gasteiger partial charge is 0.124 e. The second kappa shape index (κ2) is 7.65. The molecule has 0 heterocycles. The Balaban J connectivity index is 1.89. The van der Waals surface area contributed by atoms with Gasteiger partial charge >= 0.3 is 0 Å². The molecule has 0 unspecified atom stereocenters. The fourth-order valence-corrected chi connectivity index (χ4v) is 2.82. The third-order valence-electron chi connectivity index (χ3n) is 3.85. The molecule has 3 rings (SSSR count). The number of halogens is 1. The molecule has 0 fully saturated rings. The van der Waals surface area contributed by atoms with Crippen molar-refractivity contribution in [2.45, 2.75) is 5.92 Å². The highest BCUT2D eigenvalue weighted by Crippen LogP contribution is 2.32. The monoisotopic (exact) mass is 346 g/mol. The van der Waals surface area contributed by atoms with Crippen molar-refractivity contribution in [2.75, 3.05) is 0 Å². The summed E-state index contributed by atoms with van der Waals surface area (Å²) < 4.78 is 0. The van der Waals surface area contributed by atoms with Crippen LogP contribution < -0.4 is 0 Å². The minimum absolute atomic E-state index is 0.169. The minimum Gasteiger partial charge on any atom is -0.507 e. The second-order valence-electron chi connectivity index (χ2n) is 5.50. The van der Waals surface area contributed by atoms with Crippen molar-refractivity contribution in [3.63, 3.8) is 0 Å². The molecule has 0 saturated heterocycles. The van der Waals surface area contributed by atoms with Gasteiger partial charge in [-0.3, -0.25) is 4.99 Å². The van der Waals surface area contributed by atoms with Crippen LogP contribution in [0.1, 0.15) is 22.6 Å². The number of rotatable bonds is 4. The van der Waals surface area contributed by atoms with Gasteiger partial charge in [0.15, 0.2) is 0 Å². The maximum absolute atomic E-state index is 9.76. The summed E-state index contributed by atoms with van der Waals surface area (Å²) in [6.45, 7) is 0. The maximum Gasteiger partial charge on any atom is 0.124 e. The van der Waals surface area contributed by atoms with Crippen molar-refractivity contribution in [1.82, 2.24) is 0 Å². The average Bonchev–Trinajstić information content (AvgIpc) is 2.64. The first kappa shape index (κ1) is 16.8. The predicted octanol–water partition coefficient (Wildman–Crippen LogP) is 5.45. The number of nitriles is 1. The van der Waals surface area contributed by atoms with Gasteiger partial charge in [0.2, 0.25) is 0 Å².